The van der Waals surface area contributed by atoms with Crippen molar-refractivity contribution >= 4 is 28.4 Å². The molecule has 0 saturated heterocycles. The van der Waals surface area contributed by atoms with Crippen molar-refractivity contribution in [2.24, 2.45) is 0 Å². The second kappa shape index (κ2) is 5.58. The first-order chi connectivity index (χ1) is 10.1. The summed E-state index contributed by atoms with van der Waals surface area (Å²) in [6.45, 7) is 0. The minimum atomic E-state index is -0.548. The Balaban J connectivity index is 1.91. The van der Waals surface area contributed by atoms with Crippen molar-refractivity contribution in [1.82, 2.24) is 9.97 Å². The van der Waals surface area contributed by atoms with Gasteiger partial charge in [0.15, 0.2) is 5.78 Å². The summed E-state index contributed by atoms with van der Waals surface area (Å²) in [6.07, 6.45) is 3.11. The normalized spacial score (nSPS) is 10.8. The molecule has 3 aromatic rings. The fourth-order valence-corrected chi connectivity index (χ4v) is 2.29. The molecule has 0 N–H and O–H groups in total. The molecule has 0 saturated carbocycles. The number of ketones is 1. The van der Waals surface area contributed by atoms with Gasteiger partial charge in [-0.05, 0) is 29.8 Å². The summed E-state index contributed by atoms with van der Waals surface area (Å²) in [4.78, 5) is 20.6. The first-order valence-corrected chi connectivity index (χ1v) is 6.70. The molecule has 0 amide bonds. The largest absolute Gasteiger partial charge is 0.294 e. The molecule has 0 fully saturated rings. The van der Waals surface area contributed by atoms with Gasteiger partial charge < -0.3 is 0 Å². The molecule has 0 aliphatic heterocycles. The average molecular weight is 301 g/mol. The third-order valence-electron chi connectivity index (χ3n) is 3.17. The van der Waals surface area contributed by atoms with Crippen molar-refractivity contribution in [3.8, 4) is 0 Å². The van der Waals surface area contributed by atoms with Gasteiger partial charge in [0.25, 0.3) is 0 Å². The molecule has 0 aliphatic carbocycles. The first-order valence-electron chi connectivity index (χ1n) is 6.32. The van der Waals surface area contributed by atoms with Gasteiger partial charge in [0.2, 0.25) is 0 Å². The van der Waals surface area contributed by atoms with E-state index in [4.69, 9.17) is 11.6 Å². The number of benzene rings is 2. The van der Waals surface area contributed by atoms with Crippen LogP contribution in [0.1, 0.15) is 15.9 Å². The Hall–Kier alpha value is -2.33. The van der Waals surface area contributed by atoms with Crippen molar-refractivity contribution in [3.05, 3.63) is 70.8 Å². The van der Waals surface area contributed by atoms with Crippen molar-refractivity contribution in [3.63, 3.8) is 0 Å². The lowest BCUT2D eigenvalue weighted by Gasteiger charge is -2.05. The van der Waals surface area contributed by atoms with Gasteiger partial charge >= 0.3 is 0 Å². The summed E-state index contributed by atoms with van der Waals surface area (Å²) < 4.78 is 13.8. The monoisotopic (exact) mass is 300 g/mol. The number of halogens is 2. The van der Waals surface area contributed by atoms with E-state index in [9.17, 15) is 9.18 Å². The van der Waals surface area contributed by atoms with Crippen molar-refractivity contribution in [2.75, 3.05) is 0 Å². The SMILES string of the molecule is O=C(Cc1cccc(Cl)c1F)c1ccc2nccnc2c1. The second-order valence-electron chi connectivity index (χ2n) is 4.57. The molecular formula is C16H10ClFN2O. The van der Waals surface area contributed by atoms with Gasteiger partial charge in [-0.3, -0.25) is 14.8 Å². The highest BCUT2D eigenvalue weighted by Crippen LogP contribution is 2.20. The van der Waals surface area contributed by atoms with Gasteiger partial charge in [-0.15, -0.1) is 0 Å². The van der Waals surface area contributed by atoms with Crippen LogP contribution in [0.15, 0.2) is 48.8 Å². The van der Waals surface area contributed by atoms with Gasteiger partial charge in [0, 0.05) is 24.4 Å². The van der Waals surface area contributed by atoms with Gasteiger partial charge in [-0.25, -0.2) is 4.39 Å². The summed E-state index contributed by atoms with van der Waals surface area (Å²) in [5.74, 6) is -0.739. The molecule has 0 atom stereocenters. The Morgan fingerprint density at radius 1 is 1.10 bits per heavy atom. The summed E-state index contributed by atoms with van der Waals surface area (Å²) in [7, 11) is 0. The third kappa shape index (κ3) is 2.76. The van der Waals surface area contributed by atoms with Gasteiger partial charge in [0.05, 0.1) is 16.1 Å². The highest BCUT2D eigenvalue weighted by Gasteiger charge is 2.13. The number of hydrogen-bond donors (Lipinski definition) is 0. The Kier molecular flexibility index (Phi) is 3.62. The second-order valence-corrected chi connectivity index (χ2v) is 4.98. The maximum atomic E-state index is 13.8. The summed E-state index contributed by atoms with van der Waals surface area (Å²) in [5.41, 5.74) is 2.10. The molecule has 0 radical (unpaired) electrons. The van der Waals surface area contributed by atoms with Crippen LogP contribution in [0.5, 0.6) is 0 Å². The molecule has 104 valence electrons. The minimum Gasteiger partial charge on any atom is -0.294 e. The Morgan fingerprint density at radius 2 is 1.86 bits per heavy atom. The van der Waals surface area contributed by atoms with Crippen molar-refractivity contribution in [1.29, 1.82) is 0 Å². The van der Waals surface area contributed by atoms with Gasteiger partial charge in [0.1, 0.15) is 5.82 Å². The average Bonchev–Trinajstić information content (AvgIpc) is 2.51. The van der Waals surface area contributed by atoms with Crippen LogP contribution in [-0.2, 0) is 6.42 Å². The first kappa shape index (κ1) is 13.6. The topological polar surface area (TPSA) is 42.9 Å². The van der Waals surface area contributed by atoms with E-state index in [1.165, 1.54) is 6.07 Å². The number of Topliss-reactive ketones (excluding diaryl/α,β-unsaturated/α-hetero) is 1. The molecule has 0 spiro atoms. The number of fused-ring (bicyclic) bond motifs is 1. The summed E-state index contributed by atoms with van der Waals surface area (Å²) in [6, 6.07) is 9.69. The van der Waals surface area contributed by atoms with Crippen LogP contribution in [0.4, 0.5) is 4.39 Å². The molecule has 5 heteroatoms. The van der Waals surface area contributed by atoms with E-state index < -0.39 is 5.82 Å². The van der Waals surface area contributed by atoms with Crippen LogP contribution in [0, 0.1) is 5.82 Å². The lowest BCUT2D eigenvalue weighted by molar-refractivity contribution is 0.0992. The fraction of sp³-hybridized carbons (Fsp3) is 0.0625. The predicted molar refractivity (Wildman–Crippen MR) is 79.0 cm³/mol. The van der Waals surface area contributed by atoms with E-state index in [-0.39, 0.29) is 22.8 Å². The number of carbonyl (C=O) groups is 1. The molecule has 1 aromatic heterocycles. The van der Waals surface area contributed by atoms with Crippen LogP contribution in [0.3, 0.4) is 0 Å². The van der Waals surface area contributed by atoms with Crippen LogP contribution < -0.4 is 0 Å². The Labute approximate surface area is 125 Å². The molecule has 0 bridgehead atoms. The maximum Gasteiger partial charge on any atom is 0.167 e. The highest BCUT2D eigenvalue weighted by molar-refractivity contribution is 6.30. The molecular weight excluding hydrogens is 291 g/mol. The Morgan fingerprint density at radius 3 is 2.67 bits per heavy atom. The molecule has 0 aliphatic rings. The lowest BCUT2D eigenvalue weighted by atomic mass is 10.0. The van der Waals surface area contributed by atoms with Crippen LogP contribution >= 0.6 is 11.6 Å². The van der Waals surface area contributed by atoms with E-state index in [1.54, 1.807) is 42.7 Å². The maximum absolute atomic E-state index is 13.8. The van der Waals surface area contributed by atoms with Crippen LogP contribution in [-0.4, -0.2) is 15.8 Å². The van der Waals surface area contributed by atoms with Crippen LogP contribution in [0.2, 0.25) is 5.02 Å². The highest BCUT2D eigenvalue weighted by atomic mass is 35.5. The fourth-order valence-electron chi connectivity index (χ4n) is 2.10. The smallest absolute Gasteiger partial charge is 0.167 e. The summed E-state index contributed by atoms with van der Waals surface area (Å²) in [5, 5.41) is 0.0182. The van der Waals surface area contributed by atoms with E-state index >= 15 is 0 Å². The van der Waals surface area contributed by atoms with E-state index in [2.05, 4.69) is 9.97 Å². The predicted octanol–water partition coefficient (Wildman–Crippen LogP) is 3.85. The van der Waals surface area contributed by atoms with Gasteiger partial charge in [-0.1, -0.05) is 23.7 Å². The number of aromatic nitrogens is 2. The van der Waals surface area contributed by atoms with E-state index in [1.807, 2.05) is 0 Å². The molecule has 21 heavy (non-hydrogen) atoms. The molecule has 2 aromatic carbocycles. The van der Waals surface area contributed by atoms with Crippen molar-refractivity contribution < 1.29 is 9.18 Å². The third-order valence-corrected chi connectivity index (χ3v) is 3.47. The zero-order valence-corrected chi connectivity index (χ0v) is 11.6. The summed E-state index contributed by atoms with van der Waals surface area (Å²) >= 11 is 5.72. The van der Waals surface area contributed by atoms with Gasteiger partial charge in [-0.2, -0.15) is 0 Å². The van der Waals surface area contributed by atoms with Crippen molar-refractivity contribution in [2.45, 2.75) is 6.42 Å². The standard InChI is InChI=1S/C16H10ClFN2O/c17-12-3-1-2-11(16(12)18)9-15(21)10-4-5-13-14(8-10)20-7-6-19-13/h1-8H,9H2. The number of rotatable bonds is 3. The Bertz CT molecular complexity index is 835. The number of nitrogens with zero attached hydrogens (tertiary/aromatic N) is 2. The quantitative estimate of drug-likeness (QED) is 0.690. The molecule has 0 unspecified atom stereocenters. The molecule has 3 nitrogen and oxygen atoms in total. The number of carbonyl (C=O) groups excluding carboxylic acids is 1. The number of hydrogen-bond acceptors (Lipinski definition) is 3. The van der Waals surface area contributed by atoms with E-state index in [0.717, 1.165) is 0 Å². The molecule has 3 rings (SSSR count). The van der Waals surface area contributed by atoms with E-state index in [0.29, 0.717) is 16.6 Å². The minimum absolute atomic E-state index is 0.0182. The molecule has 1 heterocycles. The van der Waals surface area contributed by atoms with Crippen LogP contribution in [0.25, 0.3) is 11.0 Å². The lowest BCUT2D eigenvalue weighted by Crippen LogP contribution is -2.05. The zero-order valence-electron chi connectivity index (χ0n) is 10.9. The zero-order chi connectivity index (χ0) is 14.8.